The van der Waals surface area contributed by atoms with Crippen LogP contribution in [0.15, 0.2) is 15.9 Å². The lowest BCUT2D eigenvalue weighted by Gasteiger charge is -2.02. The summed E-state index contributed by atoms with van der Waals surface area (Å²) in [5, 5.41) is 13.2. The van der Waals surface area contributed by atoms with Crippen molar-refractivity contribution in [2.45, 2.75) is 25.3 Å². The molecule has 0 radical (unpaired) electrons. The third-order valence-electron chi connectivity index (χ3n) is 3.06. The third kappa shape index (κ3) is 2.68. The highest BCUT2D eigenvalue weighted by Crippen LogP contribution is 2.38. The van der Waals surface area contributed by atoms with Gasteiger partial charge in [-0.1, -0.05) is 0 Å². The quantitative estimate of drug-likeness (QED) is 0.874. The van der Waals surface area contributed by atoms with E-state index in [1.54, 1.807) is 22.7 Å². The van der Waals surface area contributed by atoms with E-state index in [0.717, 1.165) is 32.5 Å². The van der Waals surface area contributed by atoms with Crippen molar-refractivity contribution in [1.82, 2.24) is 4.98 Å². The van der Waals surface area contributed by atoms with Gasteiger partial charge in [-0.3, -0.25) is 4.79 Å². The minimum absolute atomic E-state index is 0.419. The third-order valence-corrected chi connectivity index (χ3v) is 5.77. The second kappa shape index (κ2) is 5.22. The molecule has 2 aromatic heterocycles. The number of carboxylic acids is 1. The standard InChI is InChI=1S/C12H11BrN2O2S2/c13-9-4-1-6(18-9)5-14-12-15-10-7(11(16)17)2-3-8(10)19-12/h1,4,7H,2-3,5H2,(H,14,15)(H,16,17). The zero-order valence-corrected chi connectivity index (χ0v) is 13.1. The number of aryl methyl sites for hydroxylation is 1. The average molecular weight is 359 g/mol. The lowest BCUT2D eigenvalue weighted by molar-refractivity contribution is -0.138. The molecule has 0 bridgehead atoms. The minimum Gasteiger partial charge on any atom is -0.481 e. The molecule has 0 saturated carbocycles. The second-order valence-corrected chi connectivity index (χ2v) is 7.95. The summed E-state index contributed by atoms with van der Waals surface area (Å²) in [7, 11) is 0. The van der Waals surface area contributed by atoms with Gasteiger partial charge in [-0.2, -0.15) is 0 Å². The summed E-state index contributed by atoms with van der Waals surface area (Å²) in [6, 6.07) is 4.08. The van der Waals surface area contributed by atoms with Gasteiger partial charge in [-0.15, -0.1) is 22.7 Å². The monoisotopic (exact) mass is 358 g/mol. The number of fused-ring (bicyclic) bond motifs is 1. The second-order valence-electron chi connectivity index (χ2n) is 4.32. The van der Waals surface area contributed by atoms with Crippen molar-refractivity contribution >= 4 is 49.7 Å². The fraction of sp³-hybridized carbons (Fsp3) is 0.333. The number of aromatic nitrogens is 1. The Labute approximate surface area is 126 Å². The van der Waals surface area contributed by atoms with Crippen LogP contribution in [0, 0.1) is 0 Å². The predicted octanol–water partition coefficient (Wildman–Crippen LogP) is 3.69. The van der Waals surface area contributed by atoms with Crippen LogP contribution in [0.5, 0.6) is 0 Å². The van der Waals surface area contributed by atoms with E-state index in [0.29, 0.717) is 6.42 Å². The summed E-state index contributed by atoms with van der Waals surface area (Å²) in [5.74, 6) is -1.18. The highest BCUT2D eigenvalue weighted by molar-refractivity contribution is 9.11. The van der Waals surface area contributed by atoms with Crippen LogP contribution in [0.2, 0.25) is 0 Å². The Balaban J connectivity index is 1.70. The van der Waals surface area contributed by atoms with E-state index in [9.17, 15) is 4.79 Å². The number of nitrogens with zero attached hydrogens (tertiary/aromatic N) is 1. The molecular formula is C12H11BrN2O2S2. The number of thiazole rings is 1. The molecule has 2 aromatic rings. The van der Waals surface area contributed by atoms with Crippen molar-refractivity contribution in [2.75, 3.05) is 5.32 Å². The number of hydrogen-bond donors (Lipinski definition) is 2. The normalized spacial score (nSPS) is 17.4. The van der Waals surface area contributed by atoms with Crippen molar-refractivity contribution in [3.05, 3.63) is 31.4 Å². The molecule has 0 amide bonds. The van der Waals surface area contributed by atoms with Crippen LogP contribution in [0.4, 0.5) is 5.13 Å². The first-order valence-corrected chi connectivity index (χ1v) is 8.26. The molecule has 7 heteroatoms. The smallest absolute Gasteiger partial charge is 0.312 e. The molecule has 1 aliphatic carbocycles. The highest BCUT2D eigenvalue weighted by atomic mass is 79.9. The molecule has 3 rings (SSSR count). The van der Waals surface area contributed by atoms with Crippen LogP contribution < -0.4 is 5.32 Å². The maximum absolute atomic E-state index is 11.1. The van der Waals surface area contributed by atoms with E-state index in [1.807, 2.05) is 6.07 Å². The summed E-state index contributed by atoms with van der Waals surface area (Å²) in [5.41, 5.74) is 0.757. The number of carbonyl (C=O) groups is 1. The van der Waals surface area contributed by atoms with Gasteiger partial charge >= 0.3 is 5.97 Å². The molecule has 0 aromatic carbocycles. The molecule has 1 atom stereocenters. The molecule has 1 unspecified atom stereocenters. The van der Waals surface area contributed by atoms with E-state index in [4.69, 9.17) is 5.11 Å². The molecule has 4 nitrogen and oxygen atoms in total. The van der Waals surface area contributed by atoms with Crippen LogP contribution >= 0.6 is 38.6 Å². The van der Waals surface area contributed by atoms with Crippen LogP contribution in [0.3, 0.4) is 0 Å². The van der Waals surface area contributed by atoms with E-state index in [-0.39, 0.29) is 0 Å². The SMILES string of the molecule is O=C(O)C1CCc2sc(NCc3ccc(Br)s3)nc21. The zero-order chi connectivity index (χ0) is 13.4. The Hall–Kier alpha value is -0.920. The number of carboxylic acid groups (broad SMARTS) is 1. The molecular weight excluding hydrogens is 348 g/mol. The first-order valence-electron chi connectivity index (χ1n) is 5.84. The van der Waals surface area contributed by atoms with Crippen LogP contribution in [0.1, 0.15) is 27.8 Å². The predicted molar refractivity (Wildman–Crippen MR) is 80.2 cm³/mol. The molecule has 19 heavy (non-hydrogen) atoms. The Bertz CT molecular complexity index is 623. The first-order chi connectivity index (χ1) is 9.13. The number of nitrogens with one attached hydrogen (secondary N) is 1. The summed E-state index contributed by atoms with van der Waals surface area (Å²) in [4.78, 5) is 17.9. The summed E-state index contributed by atoms with van der Waals surface area (Å²) in [6.07, 6.45) is 1.51. The average Bonchev–Trinajstić information content (AvgIpc) is 3.00. The highest BCUT2D eigenvalue weighted by Gasteiger charge is 2.32. The number of aliphatic carboxylic acids is 1. The van der Waals surface area contributed by atoms with E-state index in [1.165, 1.54) is 4.88 Å². The molecule has 0 spiro atoms. The summed E-state index contributed by atoms with van der Waals surface area (Å²) < 4.78 is 1.11. The van der Waals surface area contributed by atoms with Gasteiger partial charge in [0, 0.05) is 9.75 Å². The number of halogens is 1. The van der Waals surface area contributed by atoms with Gasteiger partial charge in [0.2, 0.25) is 0 Å². The Morgan fingerprint density at radius 3 is 3.05 bits per heavy atom. The molecule has 1 aliphatic rings. The molecule has 0 aliphatic heterocycles. The van der Waals surface area contributed by atoms with Crippen LogP contribution in [0.25, 0.3) is 0 Å². The number of hydrogen-bond acceptors (Lipinski definition) is 5. The topological polar surface area (TPSA) is 62.2 Å². The fourth-order valence-corrected chi connectivity index (χ4v) is 4.61. The van der Waals surface area contributed by atoms with Crippen molar-refractivity contribution in [2.24, 2.45) is 0 Å². The van der Waals surface area contributed by atoms with Crippen molar-refractivity contribution in [3.63, 3.8) is 0 Å². The summed E-state index contributed by atoms with van der Waals surface area (Å²) in [6.45, 7) is 0.723. The maximum atomic E-state index is 11.1. The van der Waals surface area contributed by atoms with Gasteiger partial charge in [0.25, 0.3) is 0 Å². The minimum atomic E-state index is -0.766. The number of anilines is 1. The first kappa shape index (κ1) is 13.1. The number of rotatable bonds is 4. The van der Waals surface area contributed by atoms with Crippen LogP contribution in [-0.2, 0) is 17.8 Å². The van der Waals surface area contributed by atoms with Gasteiger partial charge in [0.1, 0.15) is 5.92 Å². The van der Waals surface area contributed by atoms with Crippen molar-refractivity contribution in [1.29, 1.82) is 0 Å². The van der Waals surface area contributed by atoms with Crippen molar-refractivity contribution in [3.8, 4) is 0 Å². The zero-order valence-electron chi connectivity index (χ0n) is 9.85. The lowest BCUT2D eigenvalue weighted by atomic mass is 10.1. The Kier molecular flexibility index (Phi) is 3.60. The summed E-state index contributed by atoms with van der Waals surface area (Å²) >= 11 is 6.69. The van der Waals surface area contributed by atoms with E-state index in [2.05, 4.69) is 32.3 Å². The lowest BCUT2D eigenvalue weighted by Crippen LogP contribution is -2.08. The van der Waals surface area contributed by atoms with Gasteiger partial charge in [0.15, 0.2) is 5.13 Å². The van der Waals surface area contributed by atoms with E-state index < -0.39 is 11.9 Å². The molecule has 100 valence electrons. The van der Waals surface area contributed by atoms with E-state index >= 15 is 0 Å². The van der Waals surface area contributed by atoms with Gasteiger partial charge < -0.3 is 10.4 Å². The maximum Gasteiger partial charge on any atom is 0.312 e. The van der Waals surface area contributed by atoms with Gasteiger partial charge in [-0.05, 0) is 40.9 Å². The Morgan fingerprint density at radius 1 is 1.53 bits per heavy atom. The molecule has 0 saturated heterocycles. The molecule has 0 fully saturated rings. The fourth-order valence-electron chi connectivity index (χ4n) is 2.15. The Morgan fingerprint density at radius 2 is 2.37 bits per heavy atom. The van der Waals surface area contributed by atoms with Gasteiger partial charge in [-0.25, -0.2) is 4.98 Å². The molecule has 2 heterocycles. The molecule has 2 N–H and O–H groups in total. The largest absolute Gasteiger partial charge is 0.481 e. The van der Waals surface area contributed by atoms with Gasteiger partial charge in [0.05, 0.1) is 16.0 Å². The number of thiophene rings is 1. The van der Waals surface area contributed by atoms with Crippen molar-refractivity contribution < 1.29 is 9.90 Å². The van der Waals surface area contributed by atoms with Crippen LogP contribution in [-0.4, -0.2) is 16.1 Å².